The number of likely N-dealkylation sites (tertiary alicyclic amines) is 1. The Kier molecular flexibility index (Phi) is 7.51. The standard InChI is InChI=1S/C26H30Cl2N4O2/c1-16(2)23(29)22-24(25(33)31-14-12-17(3)13-15-31)30-32(21-7-5-4-6-20(21)28)26(22)34-19-10-8-18(27)9-11-19/h4-11,16-17,23H,12-15,29H2,1-3H3. The van der Waals surface area contributed by atoms with E-state index in [-0.39, 0.29) is 11.8 Å². The van der Waals surface area contributed by atoms with Crippen LogP contribution in [-0.4, -0.2) is 33.7 Å². The summed E-state index contributed by atoms with van der Waals surface area (Å²) in [4.78, 5) is 15.6. The van der Waals surface area contributed by atoms with Crippen LogP contribution in [0.25, 0.3) is 5.69 Å². The Balaban J connectivity index is 1.89. The van der Waals surface area contributed by atoms with Crippen molar-refractivity contribution in [1.29, 1.82) is 0 Å². The summed E-state index contributed by atoms with van der Waals surface area (Å²) in [5, 5.41) is 5.85. The van der Waals surface area contributed by atoms with Crippen LogP contribution in [0.2, 0.25) is 10.0 Å². The van der Waals surface area contributed by atoms with Crippen LogP contribution in [0, 0.1) is 11.8 Å². The van der Waals surface area contributed by atoms with E-state index in [9.17, 15) is 4.79 Å². The summed E-state index contributed by atoms with van der Waals surface area (Å²) in [6.07, 6.45) is 1.94. The van der Waals surface area contributed by atoms with E-state index < -0.39 is 6.04 Å². The fourth-order valence-electron chi connectivity index (χ4n) is 4.07. The molecule has 1 aromatic heterocycles. The van der Waals surface area contributed by atoms with E-state index in [0.29, 0.717) is 57.6 Å². The number of para-hydroxylation sites is 1. The van der Waals surface area contributed by atoms with Gasteiger partial charge in [0.05, 0.1) is 16.3 Å². The fourth-order valence-corrected chi connectivity index (χ4v) is 4.41. The third-order valence-electron chi connectivity index (χ3n) is 6.31. The van der Waals surface area contributed by atoms with Crippen LogP contribution in [0.3, 0.4) is 0 Å². The normalized spacial score (nSPS) is 15.6. The average Bonchev–Trinajstić information content (AvgIpc) is 3.19. The first-order chi connectivity index (χ1) is 16.3. The van der Waals surface area contributed by atoms with Crippen LogP contribution < -0.4 is 10.5 Å². The zero-order valence-corrected chi connectivity index (χ0v) is 21.2. The molecule has 4 rings (SSSR count). The van der Waals surface area contributed by atoms with E-state index in [1.807, 2.05) is 36.9 Å². The zero-order chi connectivity index (χ0) is 24.4. The maximum atomic E-state index is 13.7. The number of aromatic nitrogens is 2. The smallest absolute Gasteiger partial charge is 0.274 e. The highest BCUT2D eigenvalue weighted by atomic mass is 35.5. The lowest BCUT2D eigenvalue weighted by molar-refractivity contribution is 0.0688. The maximum absolute atomic E-state index is 13.7. The summed E-state index contributed by atoms with van der Waals surface area (Å²) < 4.78 is 7.94. The molecule has 0 radical (unpaired) electrons. The first-order valence-corrected chi connectivity index (χ1v) is 12.4. The van der Waals surface area contributed by atoms with Crippen LogP contribution >= 0.6 is 23.2 Å². The van der Waals surface area contributed by atoms with Gasteiger partial charge in [0.2, 0.25) is 5.88 Å². The van der Waals surface area contributed by atoms with E-state index in [4.69, 9.17) is 38.8 Å². The van der Waals surface area contributed by atoms with E-state index in [1.165, 1.54) is 0 Å². The molecule has 1 aliphatic heterocycles. The van der Waals surface area contributed by atoms with Gasteiger partial charge in [-0.25, -0.2) is 0 Å². The number of amides is 1. The molecule has 3 aromatic rings. The molecule has 34 heavy (non-hydrogen) atoms. The fraction of sp³-hybridized carbons (Fsp3) is 0.385. The number of rotatable bonds is 6. The Morgan fingerprint density at radius 3 is 2.35 bits per heavy atom. The van der Waals surface area contributed by atoms with Crippen molar-refractivity contribution in [2.45, 2.75) is 39.7 Å². The van der Waals surface area contributed by atoms with Crippen LogP contribution in [0.1, 0.15) is 55.7 Å². The number of piperidine rings is 1. The van der Waals surface area contributed by atoms with Crippen molar-refractivity contribution in [3.63, 3.8) is 0 Å². The van der Waals surface area contributed by atoms with E-state index in [1.54, 1.807) is 35.0 Å². The molecule has 2 heterocycles. The SMILES string of the molecule is CC1CCN(C(=O)c2nn(-c3ccccc3Cl)c(Oc3ccc(Cl)cc3)c2C(N)C(C)C)CC1. The number of benzene rings is 2. The van der Waals surface area contributed by atoms with Crippen LogP contribution in [-0.2, 0) is 0 Å². The number of ether oxygens (including phenoxy) is 1. The maximum Gasteiger partial charge on any atom is 0.274 e. The molecule has 1 fully saturated rings. The number of hydrogen-bond donors (Lipinski definition) is 1. The van der Waals surface area contributed by atoms with Crippen molar-refractivity contribution < 1.29 is 9.53 Å². The molecule has 8 heteroatoms. The van der Waals surface area contributed by atoms with Gasteiger partial charge in [0, 0.05) is 24.2 Å². The summed E-state index contributed by atoms with van der Waals surface area (Å²) >= 11 is 12.6. The molecule has 2 aromatic carbocycles. The molecule has 2 N–H and O–H groups in total. The second kappa shape index (κ2) is 10.4. The predicted octanol–water partition coefficient (Wildman–Crippen LogP) is 6.50. The predicted molar refractivity (Wildman–Crippen MR) is 136 cm³/mol. The molecule has 1 aliphatic rings. The number of nitrogens with zero attached hydrogens (tertiary/aromatic N) is 3. The third-order valence-corrected chi connectivity index (χ3v) is 6.88. The van der Waals surface area contributed by atoms with Gasteiger partial charge in [-0.3, -0.25) is 4.79 Å². The Labute approximate surface area is 210 Å². The lowest BCUT2D eigenvalue weighted by Crippen LogP contribution is -2.39. The topological polar surface area (TPSA) is 73.4 Å². The molecule has 1 amide bonds. The van der Waals surface area contributed by atoms with Crippen LogP contribution in [0.5, 0.6) is 11.6 Å². The molecule has 0 bridgehead atoms. The minimum atomic E-state index is -0.471. The summed E-state index contributed by atoms with van der Waals surface area (Å²) in [7, 11) is 0. The van der Waals surface area contributed by atoms with E-state index >= 15 is 0 Å². The highest BCUT2D eigenvalue weighted by Gasteiger charge is 2.34. The van der Waals surface area contributed by atoms with Crippen molar-refractivity contribution in [3.8, 4) is 17.3 Å². The number of hydrogen-bond acceptors (Lipinski definition) is 4. The van der Waals surface area contributed by atoms with Crippen molar-refractivity contribution in [2.75, 3.05) is 13.1 Å². The Morgan fingerprint density at radius 1 is 1.09 bits per heavy atom. The minimum absolute atomic E-state index is 0.0457. The van der Waals surface area contributed by atoms with Gasteiger partial charge < -0.3 is 15.4 Å². The largest absolute Gasteiger partial charge is 0.439 e. The van der Waals surface area contributed by atoms with Crippen LogP contribution in [0.15, 0.2) is 48.5 Å². The molecule has 0 saturated carbocycles. The minimum Gasteiger partial charge on any atom is -0.439 e. The van der Waals surface area contributed by atoms with Crippen molar-refractivity contribution >= 4 is 29.1 Å². The van der Waals surface area contributed by atoms with Gasteiger partial charge in [0.25, 0.3) is 5.91 Å². The summed E-state index contributed by atoms with van der Waals surface area (Å²) in [6, 6.07) is 13.9. The molecule has 1 saturated heterocycles. The molecule has 180 valence electrons. The number of carbonyl (C=O) groups excluding carboxylic acids is 1. The van der Waals surface area contributed by atoms with Gasteiger partial charge >= 0.3 is 0 Å². The first-order valence-electron chi connectivity index (χ1n) is 11.6. The van der Waals surface area contributed by atoms with Crippen molar-refractivity contribution in [3.05, 3.63) is 69.8 Å². The molecular formula is C26H30Cl2N4O2. The molecule has 1 atom stereocenters. The monoisotopic (exact) mass is 500 g/mol. The lowest BCUT2D eigenvalue weighted by Gasteiger charge is -2.30. The van der Waals surface area contributed by atoms with E-state index in [0.717, 1.165) is 12.8 Å². The highest BCUT2D eigenvalue weighted by molar-refractivity contribution is 6.32. The summed E-state index contributed by atoms with van der Waals surface area (Å²) in [6.45, 7) is 7.64. The third kappa shape index (κ3) is 5.09. The lowest BCUT2D eigenvalue weighted by atomic mass is 9.95. The zero-order valence-electron chi connectivity index (χ0n) is 19.7. The Hall–Kier alpha value is -2.54. The van der Waals surface area contributed by atoms with Gasteiger partial charge in [-0.2, -0.15) is 9.78 Å². The van der Waals surface area contributed by atoms with Gasteiger partial charge in [0.15, 0.2) is 5.69 Å². The van der Waals surface area contributed by atoms with Gasteiger partial charge in [-0.15, -0.1) is 0 Å². The van der Waals surface area contributed by atoms with E-state index in [2.05, 4.69) is 6.92 Å². The van der Waals surface area contributed by atoms with Crippen molar-refractivity contribution in [1.82, 2.24) is 14.7 Å². The average molecular weight is 501 g/mol. The van der Waals surface area contributed by atoms with Crippen molar-refractivity contribution in [2.24, 2.45) is 17.6 Å². The molecular weight excluding hydrogens is 471 g/mol. The molecule has 1 unspecified atom stereocenters. The summed E-state index contributed by atoms with van der Waals surface area (Å²) in [5.41, 5.74) is 8.17. The molecule has 0 aliphatic carbocycles. The Bertz CT molecular complexity index is 1150. The quantitative estimate of drug-likeness (QED) is 0.419. The number of halogens is 2. The number of nitrogens with two attached hydrogens (primary N) is 1. The summed E-state index contributed by atoms with van der Waals surface area (Å²) in [5.74, 6) is 1.45. The second-order valence-electron chi connectivity index (χ2n) is 9.23. The Morgan fingerprint density at radius 2 is 1.74 bits per heavy atom. The first kappa shape index (κ1) is 24.6. The highest BCUT2D eigenvalue weighted by Crippen LogP contribution is 2.39. The van der Waals surface area contributed by atoms with Gasteiger partial charge in [0.1, 0.15) is 5.75 Å². The van der Waals surface area contributed by atoms with Gasteiger partial charge in [-0.05, 0) is 61.1 Å². The second-order valence-corrected chi connectivity index (χ2v) is 10.1. The molecule has 6 nitrogen and oxygen atoms in total. The molecule has 0 spiro atoms. The number of carbonyl (C=O) groups is 1. The van der Waals surface area contributed by atoms with Gasteiger partial charge in [-0.1, -0.05) is 56.1 Å². The van der Waals surface area contributed by atoms with Crippen LogP contribution in [0.4, 0.5) is 0 Å².